The maximum Gasteiger partial charge on any atom is 0.220 e. The smallest absolute Gasteiger partial charge is 0.220 e. The van der Waals surface area contributed by atoms with E-state index in [0.717, 1.165) is 3.57 Å². The topological polar surface area (TPSA) is 41.8 Å². The predicted molar refractivity (Wildman–Crippen MR) is 58.2 cm³/mol. The summed E-state index contributed by atoms with van der Waals surface area (Å²) in [5.74, 6) is 0.775. The summed E-state index contributed by atoms with van der Waals surface area (Å²) in [6, 6.07) is 5.36. The summed E-state index contributed by atoms with van der Waals surface area (Å²) >= 11 is 2.19. The highest BCUT2D eigenvalue weighted by molar-refractivity contribution is 14.1. The Bertz CT molecular complexity index is 363. The van der Waals surface area contributed by atoms with Crippen molar-refractivity contribution in [3.05, 3.63) is 27.3 Å². The van der Waals surface area contributed by atoms with E-state index < -0.39 is 0 Å². The summed E-state index contributed by atoms with van der Waals surface area (Å²) in [4.78, 5) is 4.14. The minimum atomic E-state index is 0.223. The van der Waals surface area contributed by atoms with Crippen LogP contribution >= 0.6 is 22.6 Å². The summed E-state index contributed by atoms with van der Waals surface area (Å²) in [6.07, 6.45) is 0. The molecule has 1 N–H and O–H groups in total. The maximum atomic E-state index is 9.53. The molecular weight excluding hydrogens is 281 g/mol. The Kier molecular flexibility index (Phi) is 2.39. The van der Waals surface area contributed by atoms with Crippen molar-refractivity contribution in [2.24, 2.45) is 4.99 Å². The number of phenols is 1. The molecule has 0 saturated heterocycles. The van der Waals surface area contributed by atoms with Crippen LogP contribution in [0, 0.1) is 3.57 Å². The van der Waals surface area contributed by atoms with E-state index in [0.29, 0.717) is 24.6 Å². The Morgan fingerprint density at radius 2 is 2.31 bits per heavy atom. The molecule has 1 heterocycles. The lowest BCUT2D eigenvalue weighted by Gasteiger charge is -2.04. The molecule has 13 heavy (non-hydrogen) atoms. The number of aliphatic imine (C=N–C) groups is 1. The summed E-state index contributed by atoms with van der Waals surface area (Å²) in [5, 5.41) is 9.53. The van der Waals surface area contributed by atoms with Crippen LogP contribution in [0.15, 0.2) is 23.2 Å². The highest BCUT2D eigenvalue weighted by Gasteiger charge is 2.14. The first kappa shape index (κ1) is 8.80. The zero-order valence-electron chi connectivity index (χ0n) is 6.83. The number of halogens is 1. The minimum absolute atomic E-state index is 0.223. The maximum absolute atomic E-state index is 9.53. The summed E-state index contributed by atoms with van der Waals surface area (Å²) in [7, 11) is 0. The number of ether oxygens (including phenoxy) is 1. The van der Waals surface area contributed by atoms with E-state index >= 15 is 0 Å². The van der Waals surface area contributed by atoms with Crippen molar-refractivity contribution >= 4 is 28.5 Å². The standard InChI is InChI=1S/C9H8INO2/c10-6-1-2-8(12)7(5-6)9-11-3-4-13-9/h1-2,5,12H,3-4H2. The van der Waals surface area contributed by atoms with Gasteiger partial charge in [-0.15, -0.1) is 0 Å². The molecule has 4 heteroatoms. The molecule has 0 bridgehead atoms. The van der Waals surface area contributed by atoms with Crippen molar-refractivity contribution in [1.29, 1.82) is 0 Å². The molecule has 2 rings (SSSR count). The van der Waals surface area contributed by atoms with E-state index in [1.165, 1.54) is 0 Å². The third-order valence-corrected chi connectivity index (χ3v) is 2.45. The monoisotopic (exact) mass is 289 g/mol. The van der Waals surface area contributed by atoms with Crippen molar-refractivity contribution in [3.8, 4) is 5.75 Å². The van der Waals surface area contributed by atoms with Gasteiger partial charge in [0.25, 0.3) is 0 Å². The van der Waals surface area contributed by atoms with Crippen molar-refractivity contribution in [1.82, 2.24) is 0 Å². The van der Waals surface area contributed by atoms with E-state index in [2.05, 4.69) is 27.6 Å². The first-order valence-corrected chi connectivity index (χ1v) is 5.01. The number of nitrogens with zero attached hydrogens (tertiary/aromatic N) is 1. The third kappa shape index (κ3) is 1.77. The molecule has 1 aliphatic rings. The van der Waals surface area contributed by atoms with Crippen molar-refractivity contribution in [2.75, 3.05) is 13.2 Å². The predicted octanol–water partition coefficient (Wildman–Crippen LogP) is 1.77. The van der Waals surface area contributed by atoms with Gasteiger partial charge in [-0.25, -0.2) is 4.99 Å². The van der Waals surface area contributed by atoms with E-state index in [1.807, 2.05) is 12.1 Å². The molecule has 0 unspecified atom stereocenters. The van der Waals surface area contributed by atoms with Crippen LogP contribution in [0.5, 0.6) is 5.75 Å². The zero-order valence-corrected chi connectivity index (χ0v) is 8.98. The molecule has 1 aliphatic heterocycles. The number of rotatable bonds is 1. The van der Waals surface area contributed by atoms with E-state index in [1.54, 1.807) is 6.07 Å². The van der Waals surface area contributed by atoms with Gasteiger partial charge in [-0.05, 0) is 40.8 Å². The van der Waals surface area contributed by atoms with Crippen LogP contribution in [0.25, 0.3) is 0 Å². The fourth-order valence-electron chi connectivity index (χ4n) is 1.18. The Hall–Kier alpha value is -0.780. The molecular formula is C9H8INO2. The molecule has 1 aromatic rings. The van der Waals surface area contributed by atoms with E-state index in [-0.39, 0.29) is 5.75 Å². The van der Waals surface area contributed by atoms with Gasteiger partial charge in [0.05, 0.1) is 12.1 Å². The molecule has 68 valence electrons. The minimum Gasteiger partial charge on any atom is -0.507 e. The molecule has 0 spiro atoms. The average molecular weight is 289 g/mol. The molecule has 0 saturated carbocycles. The fourth-order valence-corrected chi connectivity index (χ4v) is 1.67. The van der Waals surface area contributed by atoms with Crippen LogP contribution in [0.3, 0.4) is 0 Å². The quantitative estimate of drug-likeness (QED) is 0.801. The van der Waals surface area contributed by atoms with Gasteiger partial charge in [0, 0.05) is 3.57 Å². The highest BCUT2D eigenvalue weighted by Crippen LogP contribution is 2.22. The van der Waals surface area contributed by atoms with E-state index in [9.17, 15) is 5.11 Å². The lowest BCUT2D eigenvalue weighted by atomic mass is 10.2. The largest absolute Gasteiger partial charge is 0.507 e. The molecule has 0 aliphatic carbocycles. The second kappa shape index (κ2) is 3.53. The Balaban J connectivity index is 2.43. The second-order valence-electron chi connectivity index (χ2n) is 2.70. The van der Waals surface area contributed by atoms with Gasteiger partial charge in [-0.3, -0.25) is 0 Å². The number of hydrogen-bond acceptors (Lipinski definition) is 3. The van der Waals surface area contributed by atoms with Gasteiger partial charge in [0.15, 0.2) is 0 Å². The highest BCUT2D eigenvalue weighted by atomic mass is 127. The Morgan fingerprint density at radius 1 is 1.46 bits per heavy atom. The first-order valence-electron chi connectivity index (χ1n) is 3.93. The van der Waals surface area contributed by atoms with Crippen LogP contribution in [0.4, 0.5) is 0 Å². The number of aromatic hydroxyl groups is 1. The number of benzene rings is 1. The Labute approximate surface area is 89.6 Å². The van der Waals surface area contributed by atoms with Crippen LogP contribution in [-0.4, -0.2) is 24.2 Å². The van der Waals surface area contributed by atoms with Gasteiger partial charge in [0.1, 0.15) is 12.4 Å². The molecule has 0 fully saturated rings. The second-order valence-corrected chi connectivity index (χ2v) is 3.94. The van der Waals surface area contributed by atoms with E-state index in [4.69, 9.17) is 4.74 Å². The van der Waals surface area contributed by atoms with Crippen LogP contribution in [0.1, 0.15) is 5.56 Å². The SMILES string of the molecule is Oc1ccc(I)cc1C1=NCCO1. The summed E-state index contributed by atoms with van der Waals surface area (Å²) < 4.78 is 6.32. The Morgan fingerprint density at radius 3 is 3.00 bits per heavy atom. The zero-order chi connectivity index (χ0) is 9.26. The van der Waals surface area contributed by atoms with Crippen LogP contribution < -0.4 is 0 Å². The average Bonchev–Trinajstić information content (AvgIpc) is 2.61. The number of phenolic OH excluding ortho intramolecular Hbond substituents is 1. The third-order valence-electron chi connectivity index (χ3n) is 1.77. The molecule has 0 radical (unpaired) electrons. The van der Waals surface area contributed by atoms with Gasteiger partial charge in [-0.1, -0.05) is 0 Å². The number of hydrogen-bond donors (Lipinski definition) is 1. The summed E-state index contributed by atoms with van der Waals surface area (Å²) in [6.45, 7) is 1.29. The van der Waals surface area contributed by atoms with Gasteiger partial charge < -0.3 is 9.84 Å². The fraction of sp³-hybridized carbons (Fsp3) is 0.222. The molecule has 0 atom stereocenters. The van der Waals surface area contributed by atoms with Crippen molar-refractivity contribution in [3.63, 3.8) is 0 Å². The lowest BCUT2D eigenvalue weighted by molar-refractivity contribution is 0.346. The lowest BCUT2D eigenvalue weighted by Crippen LogP contribution is -2.01. The summed E-state index contributed by atoms with van der Waals surface area (Å²) in [5.41, 5.74) is 0.685. The van der Waals surface area contributed by atoms with Crippen LogP contribution in [-0.2, 0) is 4.74 Å². The van der Waals surface area contributed by atoms with Crippen molar-refractivity contribution < 1.29 is 9.84 Å². The molecule has 0 amide bonds. The van der Waals surface area contributed by atoms with Gasteiger partial charge >= 0.3 is 0 Å². The molecule has 0 aromatic heterocycles. The van der Waals surface area contributed by atoms with Gasteiger partial charge in [-0.2, -0.15) is 0 Å². The molecule has 3 nitrogen and oxygen atoms in total. The first-order chi connectivity index (χ1) is 6.27. The van der Waals surface area contributed by atoms with Gasteiger partial charge in [0.2, 0.25) is 5.90 Å². The molecule has 1 aromatic carbocycles. The van der Waals surface area contributed by atoms with Crippen LogP contribution in [0.2, 0.25) is 0 Å². The van der Waals surface area contributed by atoms with Crippen molar-refractivity contribution in [2.45, 2.75) is 0 Å². The normalized spacial score (nSPS) is 15.3.